The van der Waals surface area contributed by atoms with Gasteiger partial charge in [0.2, 0.25) is 11.7 Å². The molecule has 0 fully saturated rings. The summed E-state index contributed by atoms with van der Waals surface area (Å²) >= 11 is 0. The molecule has 0 aliphatic heterocycles. The van der Waals surface area contributed by atoms with Crippen molar-refractivity contribution in [3.05, 3.63) is 42.6 Å². The van der Waals surface area contributed by atoms with Gasteiger partial charge in [0.1, 0.15) is 12.3 Å². The van der Waals surface area contributed by atoms with Gasteiger partial charge in [-0.3, -0.25) is 9.59 Å². The number of anilines is 2. The maximum atomic E-state index is 12.6. The molecule has 0 spiro atoms. The van der Waals surface area contributed by atoms with Gasteiger partial charge in [-0.2, -0.15) is 0 Å². The zero-order chi connectivity index (χ0) is 23.7. The lowest BCUT2D eigenvalue weighted by Crippen LogP contribution is -2.28. The van der Waals surface area contributed by atoms with Gasteiger partial charge in [0.25, 0.3) is 5.91 Å². The minimum Gasteiger partial charge on any atom is -0.460 e. The van der Waals surface area contributed by atoms with E-state index in [-0.39, 0.29) is 49.4 Å². The van der Waals surface area contributed by atoms with Crippen LogP contribution in [0.25, 0.3) is 0 Å². The lowest BCUT2D eigenvalue weighted by atomic mass is 10.3. The number of amides is 3. The molecule has 3 amide bonds. The molecule has 12 nitrogen and oxygen atoms in total. The Morgan fingerprint density at radius 3 is 2.56 bits per heavy atom. The van der Waals surface area contributed by atoms with Crippen molar-refractivity contribution in [1.82, 2.24) is 19.4 Å². The third-order valence-electron chi connectivity index (χ3n) is 4.05. The van der Waals surface area contributed by atoms with E-state index < -0.39 is 18.0 Å². The Morgan fingerprint density at radius 1 is 1.12 bits per heavy atom. The molecular formula is C20H26N6O6. The highest BCUT2D eigenvalue weighted by Crippen LogP contribution is 2.16. The molecule has 0 saturated heterocycles. The second kappa shape index (κ2) is 11.3. The van der Waals surface area contributed by atoms with Crippen LogP contribution in [0.3, 0.4) is 0 Å². The zero-order valence-electron chi connectivity index (χ0n) is 18.1. The van der Waals surface area contributed by atoms with Gasteiger partial charge in [0.05, 0.1) is 12.3 Å². The summed E-state index contributed by atoms with van der Waals surface area (Å²) < 4.78 is 12.6. The van der Waals surface area contributed by atoms with Crippen molar-refractivity contribution in [2.75, 3.05) is 30.4 Å². The molecule has 2 heterocycles. The van der Waals surface area contributed by atoms with Gasteiger partial charge in [-0.25, -0.2) is 14.6 Å². The maximum absolute atomic E-state index is 12.6. The summed E-state index contributed by atoms with van der Waals surface area (Å²) in [7, 11) is 3.25. The van der Waals surface area contributed by atoms with Crippen molar-refractivity contribution < 1.29 is 28.7 Å². The van der Waals surface area contributed by atoms with Gasteiger partial charge in [-0.15, -0.1) is 0 Å². The van der Waals surface area contributed by atoms with E-state index in [9.17, 15) is 19.2 Å². The molecule has 0 aliphatic carbocycles. The lowest BCUT2D eigenvalue weighted by Gasteiger charge is -2.05. The van der Waals surface area contributed by atoms with E-state index in [2.05, 4.69) is 27.5 Å². The van der Waals surface area contributed by atoms with Crippen LogP contribution >= 0.6 is 0 Å². The molecule has 2 aromatic heterocycles. The molecule has 12 heteroatoms. The SMILES string of the molecule is C=CCOC(=O)NCCC(=O)Nc1cc(C(=O)Nc2cn(C)c(C(=O)OCC)n2)n(C)c1. The van der Waals surface area contributed by atoms with E-state index in [4.69, 9.17) is 9.47 Å². The van der Waals surface area contributed by atoms with E-state index in [0.29, 0.717) is 5.69 Å². The van der Waals surface area contributed by atoms with Crippen LogP contribution in [0.5, 0.6) is 0 Å². The van der Waals surface area contributed by atoms with Crippen molar-refractivity contribution in [3.8, 4) is 0 Å². The number of rotatable bonds is 10. The fourth-order valence-corrected chi connectivity index (χ4v) is 2.64. The van der Waals surface area contributed by atoms with Crippen molar-refractivity contribution in [3.63, 3.8) is 0 Å². The molecule has 0 unspecified atom stereocenters. The van der Waals surface area contributed by atoms with Crippen LogP contribution in [0, 0.1) is 0 Å². The Kier molecular flexibility index (Phi) is 8.57. The number of carbonyl (C=O) groups excluding carboxylic acids is 4. The van der Waals surface area contributed by atoms with Crippen LogP contribution in [0.4, 0.5) is 16.3 Å². The van der Waals surface area contributed by atoms with Crippen molar-refractivity contribution >= 4 is 35.4 Å². The summed E-state index contributed by atoms with van der Waals surface area (Å²) in [5, 5.41) is 7.70. The highest BCUT2D eigenvalue weighted by atomic mass is 16.5. The van der Waals surface area contributed by atoms with E-state index in [0.717, 1.165) is 0 Å². The number of alkyl carbamates (subject to hydrolysis) is 1. The fraction of sp³-hybridized carbons (Fsp3) is 0.350. The van der Waals surface area contributed by atoms with Gasteiger partial charge in [-0.1, -0.05) is 12.7 Å². The molecule has 0 bridgehead atoms. The van der Waals surface area contributed by atoms with Crippen LogP contribution in [-0.2, 0) is 28.4 Å². The zero-order valence-corrected chi connectivity index (χ0v) is 18.1. The second-order valence-electron chi connectivity index (χ2n) is 6.57. The predicted molar refractivity (Wildman–Crippen MR) is 115 cm³/mol. The Hall–Kier alpha value is -4.09. The Balaban J connectivity index is 1.92. The van der Waals surface area contributed by atoms with Gasteiger partial charge >= 0.3 is 12.1 Å². The monoisotopic (exact) mass is 446 g/mol. The molecule has 0 radical (unpaired) electrons. The third-order valence-corrected chi connectivity index (χ3v) is 4.05. The summed E-state index contributed by atoms with van der Waals surface area (Å²) in [6.07, 6.45) is 3.87. The van der Waals surface area contributed by atoms with Gasteiger partial charge in [0.15, 0.2) is 5.82 Å². The fourth-order valence-electron chi connectivity index (χ4n) is 2.64. The predicted octanol–water partition coefficient (Wildman–Crippen LogP) is 1.43. The molecule has 2 aromatic rings. The van der Waals surface area contributed by atoms with Gasteiger partial charge in [-0.05, 0) is 13.0 Å². The first-order valence-electron chi connectivity index (χ1n) is 9.74. The first kappa shape index (κ1) is 24.2. The summed E-state index contributed by atoms with van der Waals surface area (Å²) in [4.78, 5) is 51.9. The Morgan fingerprint density at radius 2 is 1.88 bits per heavy atom. The van der Waals surface area contributed by atoms with Crippen LogP contribution in [0.2, 0.25) is 0 Å². The van der Waals surface area contributed by atoms with Crippen molar-refractivity contribution in [2.45, 2.75) is 13.3 Å². The molecule has 3 N–H and O–H groups in total. The van der Waals surface area contributed by atoms with E-state index in [1.807, 2.05) is 0 Å². The quantitative estimate of drug-likeness (QED) is 0.370. The van der Waals surface area contributed by atoms with Crippen LogP contribution in [-0.4, -0.2) is 57.8 Å². The summed E-state index contributed by atoms with van der Waals surface area (Å²) in [5.74, 6) is -1.18. The Bertz CT molecular complexity index is 1010. The van der Waals surface area contributed by atoms with Crippen molar-refractivity contribution in [2.24, 2.45) is 14.1 Å². The molecule has 0 atom stereocenters. The summed E-state index contributed by atoms with van der Waals surface area (Å²) in [6.45, 7) is 5.49. The van der Waals surface area contributed by atoms with Crippen LogP contribution in [0.1, 0.15) is 34.5 Å². The van der Waals surface area contributed by atoms with Crippen LogP contribution < -0.4 is 16.0 Å². The highest BCUT2D eigenvalue weighted by Gasteiger charge is 2.18. The largest absolute Gasteiger partial charge is 0.460 e. The highest BCUT2D eigenvalue weighted by molar-refractivity contribution is 6.04. The molecule has 32 heavy (non-hydrogen) atoms. The standard InChI is InChI=1S/C20H26N6O6/c1-5-9-32-20(30)21-8-7-16(27)22-13-10-14(25(3)11-13)18(28)24-15-12-26(4)17(23-15)19(29)31-6-2/h5,10-12H,1,6-9H2,2-4H3,(H,21,30)(H,22,27)(H,24,28). The number of nitrogens with zero attached hydrogens (tertiary/aromatic N) is 3. The maximum Gasteiger partial charge on any atom is 0.407 e. The third kappa shape index (κ3) is 6.72. The molecular weight excluding hydrogens is 420 g/mol. The van der Waals surface area contributed by atoms with E-state index in [1.165, 1.54) is 27.5 Å². The second-order valence-corrected chi connectivity index (χ2v) is 6.57. The molecule has 172 valence electrons. The number of carbonyl (C=O) groups is 4. The topological polar surface area (TPSA) is 146 Å². The minimum atomic E-state index is -0.642. The minimum absolute atomic E-state index is 0.0180. The smallest absolute Gasteiger partial charge is 0.407 e. The van der Waals surface area contributed by atoms with E-state index in [1.54, 1.807) is 27.2 Å². The van der Waals surface area contributed by atoms with Gasteiger partial charge in [0, 0.05) is 39.5 Å². The van der Waals surface area contributed by atoms with Gasteiger partial charge < -0.3 is 34.6 Å². The Labute approximate surface area is 184 Å². The number of hydrogen-bond acceptors (Lipinski definition) is 7. The molecule has 0 aromatic carbocycles. The number of hydrogen-bond donors (Lipinski definition) is 3. The number of nitrogens with one attached hydrogen (secondary N) is 3. The number of aryl methyl sites for hydroxylation is 2. The first-order chi connectivity index (χ1) is 15.2. The van der Waals surface area contributed by atoms with E-state index >= 15 is 0 Å². The summed E-state index contributed by atoms with van der Waals surface area (Å²) in [5.41, 5.74) is 0.667. The number of imidazole rings is 1. The molecule has 2 rings (SSSR count). The van der Waals surface area contributed by atoms with Crippen LogP contribution in [0.15, 0.2) is 31.1 Å². The number of aromatic nitrogens is 3. The molecule has 0 aliphatic rings. The average Bonchev–Trinajstić information content (AvgIpc) is 3.28. The lowest BCUT2D eigenvalue weighted by molar-refractivity contribution is -0.116. The molecule has 0 saturated carbocycles. The average molecular weight is 446 g/mol. The van der Waals surface area contributed by atoms with Crippen molar-refractivity contribution in [1.29, 1.82) is 0 Å². The normalized spacial score (nSPS) is 10.2. The first-order valence-corrected chi connectivity index (χ1v) is 9.74. The summed E-state index contributed by atoms with van der Waals surface area (Å²) in [6, 6.07) is 1.49. The number of esters is 1. The number of ether oxygens (including phenoxy) is 2.